The Hall–Kier alpha value is -3.09. The monoisotopic (exact) mass is 387 g/mol. The van der Waals surface area contributed by atoms with Crippen molar-refractivity contribution in [2.24, 2.45) is 5.16 Å². The molecule has 0 aliphatic carbocycles. The van der Waals surface area contributed by atoms with Crippen LogP contribution in [0, 0.1) is 0 Å². The van der Waals surface area contributed by atoms with E-state index in [0.717, 1.165) is 16.8 Å². The molecule has 1 aliphatic heterocycles. The third-order valence-electron chi connectivity index (χ3n) is 4.64. The first kappa shape index (κ1) is 19.7. The van der Waals surface area contributed by atoms with Crippen LogP contribution < -0.4 is 23.7 Å². The van der Waals surface area contributed by atoms with Crippen LogP contribution in [0.2, 0.25) is 0 Å². The van der Waals surface area contributed by atoms with Crippen LogP contribution in [0.1, 0.15) is 17.5 Å². The van der Waals surface area contributed by atoms with Gasteiger partial charge < -0.3 is 28.5 Å². The number of rotatable bonds is 8. The Bertz CT molecular complexity index is 839. The van der Waals surface area contributed by atoms with E-state index in [0.29, 0.717) is 41.6 Å². The Labute approximate surface area is 164 Å². The number of hydrogen-bond donors (Lipinski definition) is 0. The maximum Gasteiger partial charge on any atom is 0.203 e. The number of ether oxygens (including phenoxy) is 5. The largest absolute Gasteiger partial charge is 0.493 e. The van der Waals surface area contributed by atoms with Gasteiger partial charge in [0.15, 0.2) is 23.0 Å². The highest BCUT2D eigenvalue weighted by Crippen LogP contribution is 2.39. The van der Waals surface area contributed by atoms with Crippen molar-refractivity contribution in [3.8, 4) is 28.7 Å². The van der Waals surface area contributed by atoms with E-state index in [4.69, 9.17) is 28.5 Å². The summed E-state index contributed by atoms with van der Waals surface area (Å²) in [4.78, 5) is 5.66. The van der Waals surface area contributed by atoms with Gasteiger partial charge in [0.05, 0.1) is 41.3 Å². The van der Waals surface area contributed by atoms with Crippen LogP contribution in [0.4, 0.5) is 0 Å². The molecule has 1 unspecified atom stereocenters. The van der Waals surface area contributed by atoms with Gasteiger partial charge in [0, 0.05) is 18.4 Å². The molecule has 28 heavy (non-hydrogen) atoms. The van der Waals surface area contributed by atoms with Gasteiger partial charge in [0.2, 0.25) is 5.75 Å². The smallest absolute Gasteiger partial charge is 0.203 e. The van der Waals surface area contributed by atoms with Crippen molar-refractivity contribution in [3.05, 3.63) is 41.5 Å². The molecule has 7 nitrogen and oxygen atoms in total. The second-order valence-corrected chi connectivity index (χ2v) is 6.28. The maximum atomic E-state index is 5.66. The highest BCUT2D eigenvalue weighted by atomic mass is 16.6. The number of methoxy groups -OCH3 is 5. The second-order valence-electron chi connectivity index (χ2n) is 6.28. The standard InChI is InChI=1S/C21H25NO6/c1-23-17-7-6-13(9-18(17)24-2)8-15-12-16(22-28-15)14-10-19(25-3)21(27-5)20(11-14)26-4/h6-7,9-11,15H,8,12H2,1-5H3. The lowest BCUT2D eigenvalue weighted by Gasteiger charge is -2.14. The molecule has 0 saturated heterocycles. The predicted octanol–water partition coefficient (Wildman–Crippen LogP) is 3.47. The number of oxime groups is 1. The lowest BCUT2D eigenvalue weighted by atomic mass is 9.99. The van der Waals surface area contributed by atoms with Gasteiger partial charge in [-0.2, -0.15) is 0 Å². The molecule has 0 aromatic heterocycles. The summed E-state index contributed by atoms with van der Waals surface area (Å²) < 4.78 is 26.9. The van der Waals surface area contributed by atoms with Gasteiger partial charge >= 0.3 is 0 Å². The van der Waals surface area contributed by atoms with Crippen LogP contribution in [-0.4, -0.2) is 47.4 Å². The van der Waals surface area contributed by atoms with Gasteiger partial charge in [0.25, 0.3) is 0 Å². The van der Waals surface area contributed by atoms with E-state index in [1.54, 1.807) is 35.5 Å². The molecule has 0 bridgehead atoms. The van der Waals surface area contributed by atoms with E-state index in [-0.39, 0.29) is 6.10 Å². The Kier molecular flexibility index (Phi) is 6.13. The summed E-state index contributed by atoms with van der Waals surface area (Å²) in [6.07, 6.45) is 1.32. The summed E-state index contributed by atoms with van der Waals surface area (Å²) in [5.74, 6) is 3.12. The van der Waals surface area contributed by atoms with Crippen molar-refractivity contribution in [2.75, 3.05) is 35.5 Å². The van der Waals surface area contributed by atoms with Gasteiger partial charge in [-0.3, -0.25) is 0 Å². The molecule has 0 spiro atoms. The Morgan fingerprint density at radius 2 is 1.46 bits per heavy atom. The third kappa shape index (κ3) is 3.93. The fourth-order valence-corrected chi connectivity index (χ4v) is 3.23. The average molecular weight is 387 g/mol. The average Bonchev–Trinajstić information content (AvgIpc) is 3.20. The summed E-state index contributed by atoms with van der Waals surface area (Å²) in [6.45, 7) is 0. The maximum absolute atomic E-state index is 5.66. The van der Waals surface area contributed by atoms with Crippen molar-refractivity contribution < 1.29 is 28.5 Å². The van der Waals surface area contributed by atoms with E-state index in [1.807, 2.05) is 30.3 Å². The zero-order chi connectivity index (χ0) is 20.1. The summed E-state index contributed by atoms with van der Waals surface area (Å²) >= 11 is 0. The summed E-state index contributed by atoms with van der Waals surface area (Å²) in [6, 6.07) is 9.61. The molecule has 1 aliphatic rings. The van der Waals surface area contributed by atoms with Crippen molar-refractivity contribution >= 4 is 5.71 Å². The van der Waals surface area contributed by atoms with E-state index in [2.05, 4.69) is 5.16 Å². The molecule has 7 heteroatoms. The van der Waals surface area contributed by atoms with E-state index in [1.165, 1.54) is 0 Å². The van der Waals surface area contributed by atoms with Crippen LogP contribution in [0.25, 0.3) is 0 Å². The first-order valence-electron chi connectivity index (χ1n) is 8.87. The van der Waals surface area contributed by atoms with Crippen LogP contribution in [0.5, 0.6) is 28.7 Å². The highest BCUT2D eigenvalue weighted by molar-refractivity contribution is 6.02. The molecular weight excluding hydrogens is 362 g/mol. The van der Waals surface area contributed by atoms with Gasteiger partial charge in [-0.25, -0.2) is 0 Å². The Morgan fingerprint density at radius 1 is 0.821 bits per heavy atom. The topological polar surface area (TPSA) is 67.7 Å². The molecule has 0 N–H and O–H groups in total. The first-order valence-corrected chi connectivity index (χ1v) is 8.87. The van der Waals surface area contributed by atoms with Crippen molar-refractivity contribution in [1.29, 1.82) is 0 Å². The van der Waals surface area contributed by atoms with Gasteiger partial charge in [-0.05, 0) is 29.8 Å². The van der Waals surface area contributed by atoms with Crippen molar-refractivity contribution in [2.45, 2.75) is 18.9 Å². The predicted molar refractivity (Wildman–Crippen MR) is 105 cm³/mol. The molecule has 2 aromatic rings. The molecule has 1 atom stereocenters. The zero-order valence-corrected chi connectivity index (χ0v) is 16.8. The van der Waals surface area contributed by atoms with Crippen molar-refractivity contribution in [3.63, 3.8) is 0 Å². The summed E-state index contributed by atoms with van der Waals surface area (Å²) in [5.41, 5.74) is 2.80. The third-order valence-corrected chi connectivity index (χ3v) is 4.64. The fraction of sp³-hybridized carbons (Fsp3) is 0.381. The van der Waals surface area contributed by atoms with Crippen LogP contribution in [0.15, 0.2) is 35.5 Å². The van der Waals surface area contributed by atoms with E-state index in [9.17, 15) is 0 Å². The molecule has 0 radical (unpaired) electrons. The van der Waals surface area contributed by atoms with Crippen LogP contribution >= 0.6 is 0 Å². The lowest BCUT2D eigenvalue weighted by molar-refractivity contribution is 0.0859. The highest BCUT2D eigenvalue weighted by Gasteiger charge is 2.25. The van der Waals surface area contributed by atoms with Crippen LogP contribution in [0.3, 0.4) is 0 Å². The Balaban J connectivity index is 1.75. The van der Waals surface area contributed by atoms with Gasteiger partial charge in [0.1, 0.15) is 6.10 Å². The quantitative estimate of drug-likeness (QED) is 0.691. The zero-order valence-electron chi connectivity index (χ0n) is 16.8. The molecule has 150 valence electrons. The molecule has 2 aromatic carbocycles. The minimum Gasteiger partial charge on any atom is -0.493 e. The molecule has 1 heterocycles. The number of benzene rings is 2. The number of nitrogens with zero attached hydrogens (tertiary/aromatic N) is 1. The van der Waals surface area contributed by atoms with Crippen LogP contribution in [-0.2, 0) is 11.3 Å². The molecule has 3 rings (SSSR count). The molecule has 0 fully saturated rings. The SMILES string of the molecule is COc1ccc(CC2CC(c3cc(OC)c(OC)c(OC)c3)=NO2)cc1OC. The molecular formula is C21H25NO6. The Morgan fingerprint density at radius 3 is 2.04 bits per heavy atom. The van der Waals surface area contributed by atoms with Crippen molar-refractivity contribution in [1.82, 2.24) is 0 Å². The summed E-state index contributed by atoms with van der Waals surface area (Å²) in [5, 5.41) is 4.27. The lowest BCUT2D eigenvalue weighted by Crippen LogP contribution is -2.12. The first-order chi connectivity index (χ1) is 13.6. The van der Waals surface area contributed by atoms with Gasteiger partial charge in [-0.15, -0.1) is 0 Å². The van der Waals surface area contributed by atoms with E-state index < -0.39 is 0 Å². The fourth-order valence-electron chi connectivity index (χ4n) is 3.23. The number of hydrogen-bond acceptors (Lipinski definition) is 7. The minimum atomic E-state index is -0.0628. The normalized spacial score (nSPS) is 15.5. The summed E-state index contributed by atoms with van der Waals surface area (Å²) in [7, 11) is 8.01. The molecule has 0 amide bonds. The second kappa shape index (κ2) is 8.73. The minimum absolute atomic E-state index is 0.0628. The van der Waals surface area contributed by atoms with Gasteiger partial charge in [-0.1, -0.05) is 11.2 Å². The van der Waals surface area contributed by atoms with E-state index >= 15 is 0 Å². The molecule has 0 saturated carbocycles.